The molecule has 0 radical (unpaired) electrons. The summed E-state index contributed by atoms with van der Waals surface area (Å²) in [6, 6.07) is 61.2. The zero-order chi connectivity index (χ0) is 64.8. The van der Waals surface area contributed by atoms with Crippen molar-refractivity contribution in [3.05, 3.63) is 270 Å². The van der Waals surface area contributed by atoms with Crippen LogP contribution in [0.4, 0.5) is 52.7 Å². The summed E-state index contributed by atoms with van der Waals surface area (Å²) >= 11 is -1.49. The van der Waals surface area contributed by atoms with Crippen LogP contribution in [0.5, 0.6) is 17.2 Å². The van der Waals surface area contributed by atoms with E-state index >= 15 is 39.5 Å². The van der Waals surface area contributed by atoms with E-state index in [9.17, 15) is 13.2 Å². The van der Waals surface area contributed by atoms with Crippen molar-refractivity contribution in [1.82, 2.24) is 0 Å². The summed E-state index contributed by atoms with van der Waals surface area (Å²) in [7, 11) is 0. The standard InChI is InChI=1S/C76H55F12IO2/c1-72(2,3)62-40-34-54(44-63(62)75(83,84)85)48-22-26-52(27-23-48)68-66(50-14-8-6-9-15-50)67(51-16-10-7-11-17-51)69(71(57-19-13-21-59(43-57)74(80,81)82)70(68)56-18-12-20-58(42-56)73(77,78)79)53-28-24-49(25-29-53)55-35-41-65(64(45-55)76(86,87)88)90-60-36-30-46(31-37-60)47-32-38-61(39-33-47)91-89(4)5/h6-45H,1-5H3. The Bertz CT molecular complexity index is 4410. The number of halogens is 13. The fourth-order valence-electron chi connectivity index (χ4n) is 11.4. The second-order valence-electron chi connectivity index (χ2n) is 22.9. The number of rotatable bonds is 13. The van der Waals surface area contributed by atoms with Gasteiger partial charge in [-0.15, -0.1) is 0 Å². The van der Waals surface area contributed by atoms with Crippen LogP contribution in [0.2, 0.25) is 0 Å². The van der Waals surface area contributed by atoms with Gasteiger partial charge in [0.25, 0.3) is 0 Å². The van der Waals surface area contributed by atoms with Gasteiger partial charge < -0.3 is 0 Å². The number of hydrogen-bond acceptors (Lipinski definition) is 2. The molecule has 0 N–H and O–H groups in total. The average Bonchev–Trinajstić information content (AvgIpc) is 0.718. The molecule has 11 aromatic rings. The zero-order valence-corrected chi connectivity index (χ0v) is 51.5. The van der Waals surface area contributed by atoms with Crippen molar-refractivity contribution in [2.24, 2.45) is 0 Å². The molecule has 11 aromatic carbocycles. The van der Waals surface area contributed by atoms with E-state index in [1.54, 1.807) is 160 Å². The van der Waals surface area contributed by atoms with Crippen molar-refractivity contribution < 1.29 is 60.5 Å². The fraction of sp³-hybridized carbons (Fsp3) is 0.132. The molecule has 0 saturated heterocycles. The van der Waals surface area contributed by atoms with Gasteiger partial charge in [0, 0.05) is 0 Å². The summed E-state index contributed by atoms with van der Waals surface area (Å²) in [5.41, 5.74) is 0.934. The van der Waals surface area contributed by atoms with Crippen LogP contribution < -0.4 is 7.80 Å². The third kappa shape index (κ3) is 13.8. The minimum absolute atomic E-state index is 0.0508. The van der Waals surface area contributed by atoms with Crippen molar-refractivity contribution in [3.8, 4) is 117 Å². The van der Waals surface area contributed by atoms with Gasteiger partial charge in [-0.2, -0.15) is 52.7 Å². The third-order valence-electron chi connectivity index (χ3n) is 15.5. The van der Waals surface area contributed by atoms with Gasteiger partial charge in [-0.25, -0.2) is 0 Å². The second kappa shape index (κ2) is 24.9. The van der Waals surface area contributed by atoms with E-state index < -0.39 is 78.4 Å². The van der Waals surface area contributed by atoms with Crippen LogP contribution in [-0.2, 0) is 30.1 Å². The molecular formula is C76H55F12IO2. The first kappa shape index (κ1) is 63.5. The quantitative estimate of drug-likeness (QED) is 0.0651. The van der Waals surface area contributed by atoms with Crippen molar-refractivity contribution >= 4 is 20.2 Å². The Morgan fingerprint density at radius 2 is 0.582 bits per heavy atom. The summed E-state index contributed by atoms with van der Waals surface area (Å²) in [4.78, 5) is 4.14. The molecule has 0 spiro atoms. The predicted molar refractivity (Wildman–Crippen MR) is 347 cm³/mol. The van der Waals surface area contributed by atoms with Gasteiger partial charge in [0.2, 0.25) is 0 Å². The van der Waals surface area contributed by atoms with Crippen LogP contribution in [0.15, 0.2) is 243 Å². The van der Waals surface area contributed by atoms with E-state index in [1.807, 2.05) is 24.3 Å². The Morgan fingerprint density at radius 3 is 0.967 bits per heavy atom. The van der Waals surface area contributed by atoms with Crippen LogP contribution in [0.3, 0.4) is 0 Å². The Balaban J connectivity index is 1.14. The molecule has 91 heavy (non-hydrogen) atoms. The van der Waals surface area contributed by atoms with Crippen LogP contribution >= 0.6 is 20.2 Å². The first-order chi connectivity index (χ1) is 43.1. The van der Waals surface area contributed by atoms with Crippen LogP contribution in [0.1, 0.15) is 48.6 Å². The molecule has 2 nitrogen and oxygen atoms in total. The summed E-state index contributed by atoms with van der Waals surface area (Å²) in [6.07, 6.45) is -19.4. The summed E-state index contributed by atoms with van der Waals surface area (Å²) in [5.74, 6) is 0.442. The summed E-state index contributed by atoms with van der Waals surface area (Å²) < 4.78 is 192. The SMILES string of the molecule is CI(C)Oc1ccc(-c2ccc(Oc3ccc(-c4ccc(-c5c(-c6ccccc6)c(-c6ccccc6)c(-c6ccc(-c7ccc(C(C)(C)C)c(C(F)(F)F)c7)cc6)c(-c6cccc(C(F)(F)F)c6)c5-c5cccc(C(F)(F)F)c5)cc4)cc3C(F)(F)F)cc2)cc1. The average molecular weight is 1360 g/mol. The molecule has 15 heteroatoms. The maximum absolute atomic E-state index is 15.2. The van der Waals surface area contributed by atoms with E-state index in [4.69, 9.17) is 7.80 Å². The van der Waals surface area contributed by atoms with Crippen molar-refractivity contribution in [1.29, 1.82) is 0 Å². The maximum atomic E-state index is 15.2. The molecular weight excluding hydrogens is 1300 g/mol. The predicted octanol–water partition coefficient (Wildman–Crippen LogP) is 24.9. The van der Waals surface area contributed by atoms with Crippen LogP contribution in [-0.4, -0.2) is 9.86 Å². The normalized spacial score (nSPS) is 12.4. The number of benzene rings is 11. The molecule has 0 heterocycles. The molecule has 462 valence electrons. The first-order valence-electron chi connectivity index (χ1n) is 28.5. The van der Waals surface area contributed by atoms with E-state index in [1.165, 1.54) is 42.5 Å². The second-order valence-corrected chi connectivity index (χ2v) is 27.3. The first-order valence-corrected chi connectivity index (χ1v) is 33.7. The Morgan fingerprint density at radius 1 is 0.264 bits per heavy atom. The van der Waals surface area contributed by atoms with Gasteiger partial charge in [0.15, 0.2) is 0 Å². The van der Waals surface area contributed by atoms with E-state index in [-0.39, 0.29) is 55.8 Å². The van der Waals surface area contributed by atoms with Gasteiger partial charge in [0.1, 0.15) is 0 Å². The molecule has 11 rings (SSSR count). The third-order valence-corrected chi connectivity index (χ3v) is 16.9. The number of ether oxygens (including phenoxy) is 1. The van der Waals surface area contributed by atoms with Crippen LogP contribution in [0.25, 0.3) is 100 Å². The van der Waals surface area contributed by atoms with Gasteiger partial charge in [-0.05, 0) is 136 Å². The molecule has 0 saturated carbocycles. The van der Waals surface area contributed by atoms with E-state index in [0.717, 1.165) is 53.3 Å². The molecule has 0 unspecified atom stereocenters. The Kier molecular flexibility index (Phi) is 17.4. The molecule has 0 atom stereocenters. The minimum atomic E-state index is -4.91. The van der Waals surface area contributed by atoms with Gasteiger partial charge >= 0.3 is 151 Å². The van der Waals surface area contributed by atoms with Crippen molar-refractivity contribution in [2.75, 3.05) is 9.86 Å². The topological polar surface area (TPSA) is 18.5 Å². The number of hydrogen-bond donors (Lipinski definition) is 0. The molecule has 0 amide bonds. The number of alkyl halides is 14. The summed E-state index contributed by atoms with van der Waals surface area (Å²) in [6.45, 7) is 5.03. The van der Waals surface area contributed by atoms with Crippen LogP contribution in [0, 0.1) is 0 Å². The monoisotopic (exact) mass is 1350 g/mol. The van der Waals surface area contributed by atoms with Gasteiger partial charge in [0.05, 0.1) is 16.7 Å². The van der Waals surface area contributed by atoms with E-state index in [2.05, 4.69) is 9.86 Å². The molecule has 0 aliphatic rings. The van der Waals surface area contributed by atoms with Gasteiger partial charge in [-0.3, -0.25) is 0 Å². The molecule has 0 aromatic heterocycles. The molecule has 0 aliphatic carbocycles. The fourth-order valence-corrected chi connectivity index (χ4v) is 12.7. The zero-order valence-electron chi connectivity index (χ0n) is 49.3. The van der Waals surface area contributed by atoms with Gasteiger partial charge in [-0.1, -0.05) is 172 Å². The van der Waals surface area contributed by atoms with Crippen molar-refractivity contribution in [2.45, 2.75) is 50.9 Å². The summed E-state index contributed by atoms with van der Waals surface area (Å²) in [5, 5.41) is 0. The Hall–Kier alpha value is -9.09. The molecule has 0 bridgehead atoms. The van der Waals surface area contributed by atoms with E-state index in [0.29, 0.717) is 44.5 Å². The van der Waals surface area contributed by atoms with Crippen molar-refractivity contribution in [3.63, 3.8) is 0 Å². The molecule has 0 aliphatic heterocycles. The molecule has 0 fully saturated rings. The Labute approximate surface area is 526 Å².